The largest absolute Gasteiger partial charge is 0.490 e. The van der Waals surface area contributed by atoms with Crippen LogP contribution in [0.25, 0.3) is 0 Å². The van der Waals surface area contributed by atoms with E-state index in [2.05, 4.69) is 11.3 Å². The van der Waals surface area contributed by atoms with Gasteiger partial charge in [0, 0.05) is 0 Å². The average molecular weight is 224 g/mol. The fourth-order valence-electron chi connectivity index (χ4n) is 1.11. The molecular formula is C12H13FO3. The Kier molecular flexibility index (Phi) is 4.51. The van der Waals surface area contributed by atoms with Crippen molar-refractivity contribution in [2.45, 2.75) is 6.42 Å². The topological polar surface area (TPSA) is 35.5 Å². The molecule has 0 N–H and O–H groups in total. The van der Waals surface area contributed by atoms with Gasteiger partial charge in [0.05, 0.1) is 19.3 Å². The summed E-state index contributed by atoms with van der Waals surface area (Å²) in [5, 5.41) is 0. The van der Waals surface area contributed by atoms with Gasteiger partial charge in [-0.2, -0.15) is 0 Å². The van der Waals surface area contributed by atoms with E-state index in [9.17, 15) is 9.18 Å². The average Bonchev–Trinajstić information content (AvgIpc) is 2.30. The van der Waals surface area contributed by atoms with Gasteiger partial charge in [0.25, 0.3) is 0 Å². The molecule has 0 aliphatic carbocycles. The summed E-state index contributed by atoms with van der Waals surface area (Å²) in [6.07, 6.45) is 2.32. The van der Waals surface area contributed by atoms with Gasteiger partial charge >= 0.3 is 5.97 Å². The Bertz CT molecular complexity index is 388. The zero-order valence-corrected chi connectivity index (χ0v) is 9.03. The lowest BCUT2D eigenvalue weighted by Gasteiger charge is -2.06. The van der Waals surface area contributed by atoms with E-state index in [0.29, 0.717) is 13.0 Å². The summed E-state index contributed by atoms with van der Waals surface area (Å²) in [6, 6.07) is 3.96. The van der Waals surface area contributed by atoms with Crippen molar-refractivity contribution in [1.29, 1.82) is 0 Å². The minimum atomic E-state index is -0.577. The molecule has 0 fully saturated rings. The minimum Gasteiger partial charge on any atom is -0.490 e. The fourth-order valence-corrected chi connectivity index (χ4v) is 1.11. The van der Waals surface area contributed by atoms with Crippen molar-refractivity contribution in [3.05, 3.63) is 42.2 Å². The van der Waals surface area contributed by atoms with Crippen molar-refractivity contribution in [2.24, 2.45) is 0 Å². The minimum absolute atomic E-state index is 0.120. The second-order valence-corrected chi connectivity index (χ2v) is 3.06. The molecule has 0 amide bonds. The second-order valence-electron chi connectivity index (χ2n) is 3.06. The normalized spacial score (nSPS) is 9.62. The van der Waals surface area contributed by atoms with Gasteiger partial charge in [-0.25, -0.2) is 9.18 Å². The third kappa shape index (κ3) is 3.08. The van der Waals surface area contributed by atoms with Crippen molar-refractivity contribution in [3.8, 4) is 5.75 Å². The lowest BCUT2D eigenvalue weighted by atomic mass is 10.2. The van der Waals surface area contributed by atoms with Gasteiger partial charge in [0.15, 0.2) is 11.6 Å². The summed E-state index contributed by atoms with van der Waals surface area (Å²) in [4.78, 5) is 11.1. The first-order chi connectivity index (χ1) is 7.69. The molecule has 0 atom stereocenters. The van der Waals surface area contributed by atoms with Crippen LogP contribution >= 0.6 is 0 Å². The second kappa shape index (κ2) is 5.90. The lowest BCUT2D eigenvalue weighted by molar-refractivity contribution is 0.0600. The fraction of sp³-hybridized carbons (Fsp3) is 0.250. The molecule has 1 aromatic carbocycles. The van der Waals surface area contributed by atoms with Crippen LogP contribution in [0.1, 0.15) is 16.8 Å². The van der Waals surface area contributed by atoms with Crippen LogP contribution < -0.4 is 4.74 Å². The van der Waals surface area contributed by atoms with E-state index in [0.717, 1.165) is 6.07 Å². The molecule has 0 aliphatic heterocycles. The number of esters is 1. The molecule has 86 valence electrons. The number of carbonyl (C=O) groups is 1. The first-order valence-corrected chi connectivity index (χ1v) is 4.80. The van der Waals surface area contributed by atoms with E-state index >= 15 is 0 Å². The summed E-state index contributed by atoms with van der Waals surface area (Å²) >= 11 is 0. The zero-order valence-electron chi connectivity index (χ0n) is 9.03. The Hall–Kier alpha value is -1.84. The van der Waals surface area contributed by atoms with E-state index in [1.165, 1.54) is 19.2 Å². The smallest absolute Gasteiger partial charge is 0.337 e. The molecule has 0 aromatic heterocycles. The van der Waals surface area contributed by atoms with E-state index in [4.69, 9.17) is 4.74 Å². The molecule has 0 unspecified atom stereocenters. The first-order valence-electron chi connectivity index (χ1n) is 4.80. The number of hydrogen-bond donors (Lipinski definition) is 0. The predicted octanol–water partition coefficient (Wildman–Crippen LogP) is 2.57. The SMILES string of the molecule is C=CCCOc1ccc(C(=O)OC)cc1F. The van der Waals surface area contributed by atoms with E-state index in [1.54, 1.807) is 6.08 Å². The Labute approximate surface area is 93.5 Å². The number of halogens is 1. The molecule has 1 aromatic rings. The van der Waals surface area contributed by atoms with Crippen LogP contribution in [-0.4, -0.2) is 19.7 Å². The van der Waals surface area contributed by atoms with Gasteiger partial charge in [0.2, 0.25) is 0 Å². The number of hydrogen-bond acceptors (Lipinski definition) is 3. The van der Waals surface area contributed by atoms with E-state index in [-0.39, 0.29) is 11.3 Å². The molecule has 0 aliphatic rings. The molecule has 0 heterocycles. The number of rotatable bonds is 5. The van der Waals surface area contributed by atoms with Crippen LogP contribution in [0.15, 0.2) is 30.9 Å². The predicted molar refractivity (Wildman–Crippen MR) is 58.0 cm³/mol. The third-order valence-corrected chi connectivity index (χ3v) is 1.93. The molecule has 4 heteroatoms. The quantitative estimate of drug-likeness (QED) is 0.438. The summed E-state index contributed by atoms with van der Waals surface area (Å²) < 4.78 is 23.0. The van der Waals surface area contributed by atoms with Gasteiger partial charge in [-0.3, -0.25) is 0 Å². The zero-order chi connectivity index (χ0) is 12.0. The Morgan fingerprint density at radius 2 is 2.31 bits per heavy atom. The maximum atomic E-state index is 13.4. The molecule has 0 bridgehead atoms. The summed E-state index contributed by atoms with van der Waals surface area (Å²) in [7, 11) is 1.24. The molecule has 16 heavy (non-hydrogen) atoms. The van der Waals surface area contributed by atoms with Crippen LogP contribution in [0.5, 0.6) is 5.75 Å². The molecule has 0 saturated carbocycles. The van der Waals surface area contributed by atoms with Crippen molar-refractivity contribution < 1.29 is 18.7 Å². The van der Waals surface area contributed by atoms with Crippen molar-refractivity contribution in [3.63, 3.8) is 0 Å². The van der Waals surface area contributed by atoms with Crippen LogP contribution in [0, 0.1) is 5.82 Å². The van der Waals surface area contributed by atoms with Crippen molar-refractivity contribution in [1.82, 2.24) is 0 Å². The van der Waals surface area contributed by atoms with E-state index < -0.39 is 11.8 Å². The van der Waals surface area contributed by atoms with Crippen LogP contribution in [-0.2, 0) is 4.74 Å². The Balaban J connectivity index is 2.75. The van der Waals surface area contributed by atoms with Gasteiger partial charge < -0.3 is 9.47 Å². The van der Waals surface area contributed by atoms with Crippen molar-refractivity contribution >= 4 is 5.97 Å². The number of benzene rings is 1. The monoisotopic (exact) mass is 224 g/mol. The van der Waals surface area contributed by atoms with Crippen molar-refractivity contribution in [2.75, 3.05) is 13.7 Å². The maximum Gasteiger partial charge on any atom is 0.337 e. The molecule has 0 radical (unpaired) electrons. The highest BCUT2D eigenvalue weighted by Crippen LogP contribution is 2.18. The number of ether oxygens (including phenoxy) is 2. The van der Waals surface area contributed by atoms with Gasteiger partial charge in [-0.1, -0.05) is 6.08 Å². The summed E-state index contributed by atoms with van der Waals surface area (Å²) in [5.41, 5.74) is 0.163. The number of carbonyl (C=O) groups excluding carboxylic acids is 1. The highest BCUT2D eigenvalue weighted by molar-refractivity contribution is 5.89. The van der Waals surface area contributed by atoms with Gasteiger partial charge in [-0.05, 0) is 24.6 Å². The molecule has 1 rings (SSSR count). The third-order valence-electron chi connectivity index (χ3n) is 1.93. The molecular weight excluding hydrogens is 211 g/mol. The van der Waals surface area contributed by atoms with Crippen LogP contribution in [0.2, 0.25) is 0 Å². The Morgan fingerprint density at radius 3 is 2.88 bits per heavy atom. The summed E-state index contributed by atoms with van der Waals surface area (Å²) in [5.74, 6) is -1.03. The van der Waals surface area contributed by atoms with Gasteiger partial charge in [-0.15, -0.1) is 6.58 Å². The van der Waals surface area contributed by atoms with Crippen LogP contribution in [0.4, 0.5) is 4.39 Å². The summed E-state index contributed by atoms with van der Waals surface area (Å²) in [6.45, 7) is 3.89. The molecule has 0 spiro atoms. The Morgan fingerprint density at radius 1 is 1.56 bits per heavy atom. The standard InChI is InChI=1S/C12H13FO3/c1-3-4-7-16-11-6-5-9(8-10(11)13)12(14)15-2/h3,5-6,8H,1,4,7H2,2H3. The highest BCUT2D eigenvalue weighted by Gasteiger charge is 2.10. The first kappa shape index (κ1) is 12.2. The number of methoxy groups -OCH3 is 1. The highest BCUT2D eigenvalue weighted by atomic mass is 19.1. The maximum absolute atomic E-state index is 13.4. The molecule has 0 saturated heterocycles. The van der Waals surface area contributed by atoms with Crippen LogP contribution in [0.3, 0.4) is 0 Å². The molecule has 3 nitrogen and oxygen atoms in total. The lowest BCUT2D eigenvalue weighted by Crippen LogP contribution is -2.03. The van der Waals surface area contributed by atoms with E-state index in [1.807, 2.05) is 0 Å². The van der Waals surface area contributed by atoms with Gasteiger partial charge in [0.1, 0.15) is 0 Å².